The molecule has 166 valence electrons. The SMILES string of the molecule is CCC(=O)N1CCc2cc(S(=O)(=O)NC(C(=O)NCc3cccnc3)C(C)C)ccc21. The Kier molecular flexibility index (Phi) is 7.07. The van der Waals surface area contributed by atoms with Crippen LogP contribution in [0.5, 0.6) is 0 Å². The van der Waals surface area contributed by atoms with Crippen molar-refractivity contribution in [1.29, 1.82) is 0 Å². The van der Waals surface area contributed by atoms with E-state index >= 15 is 0 Å². The molecule has 2 heterocycles. The second-order valence-corrected chi connectivity index (χ2v) is 9.58. The second-order valence-electron chi connectivity index (χ2n) is 7.86. The van der Waals surface area contributed by atoms with Gasteiger partial charge in [-0.2, -0.15) is 4.72 Å². The van der Waals surface area contributed by atoms with Crippen molar-refractivity contribution < 1.29 is 18.0 Å². The minimum atomic E-state index is -3.92. The lowest BCUT2D eigenvalue weighted by Gasteiger charge is -2.22. The van der Waals surface area contributed by atoms with Gasteiger partial charge in [0.2, 0.25) is 21.8 Å². The van der Waals surface area contributed by atoms with Crippen molar-refractivity contribution in [2.24, 2.45) is 5.92 Å². The van der Waals surface area contributed by atoms with Gasteiger partial charge in [-0.05, 0) is 47.7 Å². The number of benzene rings is 1. The van der Waals surface area contributed by atoms with Crippen LogP contribution in [0.25, 0.3) is 0 Å². The molecule has 0 saturated heterocycles. The minimum absolute atomic E-state index is 0.0117. The molecule has 8 nitrogen and oxygen atoms in total. The lowest BCUT2D eigenvalue weighted by Crippen LogP contribution is -2.49. The third-order valence-corrected chi connectivity index (χ3v) is 6.72. The first-order valence-electron chi connectivity index (χ1n) is 10.3. The highest BCUT2D eigenvalue weighted by Crippen LogP contribution is 2.30. The molecule has 0 fully saturated rings. The van der Waals surface area contributed by atoms with Crippen LogP contribution in [0.1, 0.15) is 38.3 Å². The van der Waals surface area contributed by atoms with E-state index in [1.165, 1.54) is 6.07 Å². The Morgan fingerprint density at radius 2 is 2.00 bits per heavy atom. The summed E-state index contributed by atoms with van der Waals surface area (Å²) in [6.45, 7) is 6.18. The highest BCUT2D eigenvalue weighted by molar-refractivity contribution is 7.89. The Balaban J connectivity index is 1.74. The number of pyridine rings is 1. The molecular formula is C22H28N4O4S. The van der Waals surface area contributed by atoms with Crippen molar-refractivity contribution >= 4 is 27.5 Å². The largest absolute Gasteiger partial charge is 0.351 e. The Bertz CT molecular complexity index is 1050. The predicted octanol–water partition coefficient (Wildman–Crippen LogP) is 2.00. The number of hydrogen-bond acceptors (Lipinski definition) is 5. The average molecular weight is 445 g/mol. The van der Waals surface area contributed by atoms with Gasteiger partial charge >= 0.3 is 0 Å². The summed E-state index contributed by atoms with van der Waals surface area (Å²) in [6.07, 6.45) is 4.28. The van der Waals surface area contributed by atoms with Crippen LogP contribution in [0.4, 0.5) is 5.69 Å². The summed E-state index contributed by atoms with van der Waals surface area (Å²) in [5, 5.41) is 2.77. The van der Waals surface area contributed by atoms with Crippen LogP contribution in [0.15, 0.2) is 47.6 Å². The Morgan fingerprint density at radius 1 is 1.23 bits per heavy atom. The van der Waals surface area contributed by atoms with Gasteiger partial charge in [-0.25, -0.2) is 8.42 Å². The zero-order valence-electron chi connectivity index (χ0n) is 18.0. The molecule has 0 saturated carbocycles. The first-order chi connectivity index (χ1) is 14.7. The van der Waals surface area contributed by atoms with Gasteiger partial charge in [-0.15, -0.1) is 0 Å². The average Bonchev–Trinajstić information content (AvgIpc) is 3.19. The molecule has 1 atom stereocenters. The number of sulfonamides is 1. The molecule has 2 aromatic rings. The van der Waals surface area contributed by atoms with E-state index < -0.39 is 22.0 Å². The molecule has 2 N–H and O–H groups in total. The molecule has 9 heteroatoms. The fourth-order valence-electron chi connectivity index (χ4n) is 3.52. The quantitative estimate of drug-likeness (QED) is 0.647. The summed E-state index contributed by atoms with van der Waals surface area (Å²) in [5.41, 5.74) is 2.39. The number of anilines is 1. The predicted molar refractivity (Wildman–Crippen MR) is 118 cm³/mol. The molecule has 1 unspecified atom stereocenters. The Hall–Kier alpha value is -2.78. The number of rotatable bonds is 8. The van der Waals surface area contributed by atoms with Crippen molar-refractivity contribution in [3.05, 3.63) is 53.9 Å². The highest BCUT2D eigenvalue weighted by Gasteiger charge is 2.30. The Morgan fingerprint density at radius 3 is 2.65 bits per heavy atom. The van der Waals surface area contributed by atoms with Gasteiger partial charge in [0, 0.05) is 37.6 Å². The van der Waals surface area contributed by atoms with E-state index in [2.05, 4.69) is 15.0 Å². The van der Waals surface area contributed by atoms with Gasteiger partial charge < -0.3 is 10.2 Å². The van der Waals surface area contributed by atoms with Crippen LogP contribution < -0.4 is 14.9 Å². The maximum Gasteiger partial charge on any atom is 0.241 e. The molecule has 3 rings (SSSR count). The van der Waals surface area contributed by atoms with E-state index in [-0.39, 0.29) is 23.3 Å². The summed E-state index contributed by atoms with van der Waals surface area (Å²) in [6, 6.07) is 7.41. The van der Waals surface area contributed by atoms with Crippen LogP contribution >= 0.6 is 0 Å². The zero-order chi connectivity index (χ0) is 22.6. The van der Waals surface area contributed by atoms with Crippen LogP contribution in [0.3, 0.4) is 0 Å². The maximum atomic E-state index is 13.0. The topological polar surface area (TPSA) is 108 Å². The van der Waals surface area contributed by atoms with E-state index in [9.17, 15) is 18.0 Å². The summed E-state index contributed by atoms with van der Waals surface area (Å²) in [5.74, 6) is -0.642. The first kappa shape index (κ1) is 22.9. The van der Waals surface area contributed by atoms with Crippen LogP contribution in [0.2, 0.25) is 0 Å². The molecule has 0 aliphatic carbocycles. The molecule has 0 radical (unpaired) electrons. The van der Waals surface area contributed by atoms with Gasteiger partial charge in [-0.1, -0.05) is 26.8 Å². The Labute approximate surface area is 183 Å². The van der Waals surface area contributed by atoms with E-state index in [0.29, 0.717) is 19.4 Å². The minimum Gasteiger partial charge on any atom is -0.351 e. The number of fused-ring (bicyclic) bond motifs is 1. The number of nitrogens with one attached hydrogen (secondary N) is 2. The third kappa shape index (κ3) is 5.29. The zero-order valence-corrected chi connectivity index (χ0v) is 18.8. The number of aromatic nitrogens is 1. The lowest BCUT2D eigenvalue weighted by molar-refractivity contribution is -0.123. The van der Waals surface area contributed by atoms with Gasteiger partial charge in [0.05, 0.1) is 4.90 Å². The molecule has 0 spiro atoms. The van der Waals surface area contributed by atoms with Crippen LogP contribution in [-0.2, 0) is 32.6 Å². The summed E-state index contributed by atoms with van der Waals surface area (Å²) in [4.78, 5) is 30.5. The summed E-state index contributed by atoms with van der Waals surface area (Å²) < 4.78 is 28.6. The normalized spacial score (nSPS) is 14.4. The van der Waals surface area contributed by atoms with Gasteiger partial charge in [0.25, 0.3) is 0 Å². The van der Waals surface area contributed by atoms with E-state index in [1.54, 1.807) is 56.3 Å². The number of nitrogens with zero attached hydrogens (tertiary/aromatic N) is 2. The maximum absolute atomic E-state index is 13.0. The highest BCUT2D eigenvalue weighted by atomic mass is 32.2. The molecule has 31 heavy (non-hydrogen) atoms. The number of amides is 2. The smallest absolute Gasteiger partial charge is 0.241 e. The van der Waals surface area contributed by atoms with Crippen molar-refractivity contribution in [2.45, 2.75) is 51.1 Å². The molecule has 1 aromatic carbocycles. The number of carbonyl (C=O) groups is 2. The van der Waals surface area contributed by atoms with Crippen molar-refractivity contribution in [3.63, 3.8) is 0 Å². The standard InChI is InChI=1S/C22H28N4O4S/c1-4-20(27)26-11-9-17-12-18(7-8-19(17)26)31(29,30)25-21(15(2)3)22(28)24-14-16-6-5-10-23-13-16/h5-8,10,12-13,15,21,25H,4,9,11,14H2,1-3H3,(H,24,28). The lowest BCUT2D eigenvalue weighted by atomic mass is 10.0. The van der Waals surface area contributed by atoms with E-state index in [1.807, 2.05) is 6.07 Å². The monoisotopic (exact) mass is 444 g/mol. The fraction of sp³-hybridized carbons (Fsp3) is 0.409. The molecule has 2 amide bonds. The molecular weight excluding hydrogens is 416 g/mol. The van der Waals surface area contributed by atoms with E-state index in [4.69, 9.17) is 0 Å². The van der Waals surface area contributed by atoms with Crippen LogP contribution in [-0.4, -0.2) is 37.8 Å². The van der Waals surface area contributed by atoms with Crippen molar-refractivity contribution in [1.82, 2.24) is 15.0 Å². The van der Waals surface area contributed by atoms with E-state index in [0.717, 1.165) is 16.8 Å². The fourth-order valence-corrected chi connectivity index (χ4v) is 4.92. The van der Waals surface area contributed by atoms with Crippen LogP contribution in [0, 0.1) is 5.92 Å². The summed E-state index contributed by atoms with van der Waals surface area (Å²) >= 11 is 0. The third-order valence-electron chi connectivity index (χ3n) is 5.28. The molecule has 1 aromatic heterocycles. The van der Waals surface area contributed by atoms with Crippen molar-refractivity contribution in [3.8, 4) is 0 Å². The van der Waals surface area contributed by atoms with Crippen molar-refractivity contribution in [2.75, 3.05) is 11.4 Å². The second kappa shape index (κ2) is 9.57. The van der Waals surface area contributed by atoms with Gasteiger partial charge in [-0.3, -0.25) is 14.6 Å². The van der Waals surface area contributed by atoms with Gasteiger partial charge in [0.15, 0.2) is 0 Å². The molecule has 1 aliphatic rings. The number of hydrogen-bond donors (Lipinski definition) is 2. The summed E-state index contributed by atoms with van der Waals surface area (Å²) in [7, 11) is -3.92. The van der Waals surface area contributed by atoms with Gasteiger partial charge in [0.1, 0.15) is 6.04 Å². The molecule has 0 bridgehead atoms. The number of carbonyl (C=O) groups excluding carboxylic acids is 2. The molecule has 1 aliphatic heterocycles. The first-order valence-corrected chi connectivity index (χ1v) is 11.8.